The first kappa shape index (κ1) is 15.7. The van der Waals surface area contributed by atoms with E-state index < -0.39 is 6.10 Å². The van der Waals surface area contributed by atoms with Gasteiger partial charge in [-0.05, 0) is 49.7 Å². The average molecular weight is 307 g/mol. The zero-order chi connectivity index (χ0) is 15.2. The molecule has 0 bridgehead atoms. The Morgan fingerprint density at radius 1 is 1.10 bits per heavy atom. The molecule has 0 aliphatic heterocycles. The van der Waals surface area contributed by atoms with Gasteiger partial charge in [0.05, 0.1) is 6.61 Å². The fourth-order valence-corrected chi connectivity index (χ4v) is 2.20. The van der Waals surface area contributed by atoms with E-state index in [4.69, 9.17) is 21.1 Å². The monoisotopic (exact) mass is 306 g/mol. The van der Waals surface area contributed by atoms with Crippen LogP contribution in [0.4, 0.5) is 0 Å². The van der Waals surface area contributed by atoms with E-state index in [-0.39, 0.29) is 6.10 Å². The van der Waals surface area contributed by atoms with E-state index in [0.717, 1.165) is 11.3 Å². The summed E-state index contributed by atoms with van der Waals surface area (Å²) in [6.07, 6.45) is -1.11. The Kier molecular flexibility index (Phi) is 5.48. The largest absolute Gasteiger partial charge is 0.494 e. The van der Waals surface area contributed by atoms with Crippen molar-refractivity contribution in [1.82, 2.24) is 0 Å². The molecule has 0 fully saturated rings. The second-order valence-electron chi connectivity index (χ2n) is 4.73. The number of aliphatic hydroxyl groups excluding tert-OH is 1. The normalized spacial score (nSPS) is 13.5. The fraction of sp³-hybridized carbons (Fsp3) is 0.294. The second kappa shape index (κ2) is 7.34. The van der Waals surface area contributed by atoms with Crippen LogP contribution in [0.2, 0.25) is 5.02 Å². The molecule has 2 aromatic carbocycles. The maximum atomic E-state index is 10.3. The molecule has 0 radical (unpaired) electrons. The molecule has 2 unspecified atom stereocenters. The first-order valence-corrected chi connectivity index (χ1v) is 7.31. The topological polar surface area (TPSA) is 38.7 Å². The Labute approximate surface area is 130 Å². The zero-order valence-electron chi connectivity index (χ0n) is 12.1. The van der Waals surface area contributed by atoms with Gasteiger partial charge >= 0.3 is 0 Å². The molecule has 0 aliphatic rings. The van der Waals surface area contributed by atoms with Crippen LogP contribution in [0.3, 0.4) is 0 Å². The summed E-state index contributed by atoms with van der Waals surface area (Å²) in [5.41, 5.74) is 0.785. The molecular formula is C17H19ClO3. The average Bonchev–Trinajstić information content (AvgIpc) is 2.47. The van der Waals surface area contributed by atoms with E-state index in [1.165, 1.54) is 0 Å². The van der Waals surface area contributed by atoms with Crippen LogP contribution in [0.5, 0.6) is 11.5 Å². The molecule has 0 aromatic heterocycles. The lowest BCUT2D eigenvalue weighted by molar-refractivity contribution is 0.0467. The number of aliphatic hydroxyl groups is 1. The number of halogens is 1. The smallest absolute Gasteiger partial charge is 0.126 e. The quantitative estimate of drug-likeness (QED) is 0.867. The van der Waals surface area contributed by atoms with Crippen LogP contribution in [0.15, 0.2) is 48.5 Å². The van der Waals surface area contributed by atoms with E-state index in [0.29, 0.717) is 17.4 Å². The zero-order valence-corrected chi connectivity index (χ0v) is 12.9. The summed E-state index contributed by atoms with van der Waals surface area (Å²) in [5.74, 6) is 1.43. The van der Waals surface area contributed by atoms with Gasteiger partial charge in [-0.15, -0.1) is 0 Å². The van der Waals surface area contributed by atoms with E-state index in [2.05, 4.69) is 0 Å². The predicted molar refractivity (Wildman–Crippen MR) is 84.1 cm³/mol. The van der Waals surface area contributed by atoms with Crippen LogP contribution in [0, 0.1) is 0 Å². The van der Waals surface area contributed by atoms with Crippen molar-refractivity contribution >= 4 is 11.6 Å². The van der Waals surface area contributed by atoms with Crippen LogP contribution in [0.25, 0.3) is 0 Å². The van der Waals surface area contributed by atoms with Crippen molar-refractivity contribution in [3.05, 3.63) is 59.1 Å². The summed E-state index contributed by atoms with van der Waals surface area (Å²) >= 11 is 5.92. The number of rotatable bonds is 6. The predicted octanol–water partition coefficient (Wildman–Crippen LogP) is 4.24. The molecule has 4 heteroatoms. The lowest BCUT2D eigenvalue weighted by Gasteiger charge is -2.21. The number of benzene rings is 2. The molecule has 112 valence electrons. The highest BCUT2D eigenvalue weighted by Gasteiger charge is 2.18. The summed E-state index contributed by atoms with van der Waals surface area (Å²) in [6.45, 7) is 4.38. The van der Waals surface area contributed by atoms with E-state index >= 15 is 0 Å². The highest BCUT2D eigenvalue weighted by atomic mass is 35.5. The third-order valence-electron chi connectivity index (χ3n) is 3.10. The van der Waals surface area contributed by atoms with Crippen molar-refractivity contribution in [1.29, 1.82) is 0 Å². The summed E-state index contributed by atoms with van der Waals surface area (Å²) in [7, 11) is 0. The maximum absolute atomic E-state index is 10.3. The number of hydrogen-bond acceptors (Lipinski definition) is 3. The molecule has 2 aromatic rings. The molecule has 21 heavy (non-hydrogen) atoms. The van der Waals surface area contributed by atoms with Crippen LogP contribution in [0.1, 0.15) is 25.5 Å². The third kappa shape index (κ3) is 4.38. The maximum Gasteiger partial charge on any atom is 0.126 e. The SMILES string of the molecule is CCOc1ccc(C(O)C(C)Oc2cccc(Cl)c2)cc1. The minimum absolute atomic E-state index is 0.388. The Hall–Kier alpha value is -1.71. The van der Waals surface area contributed by atoms with Crippen LogP contribution in [-0.4, -0.2) is 17.8 Å². The van der Waals surface area contributed by atoms with Crippen LogP contribution in [-0.2, 0) is 0 Å². The summed E-state index contributed by atoms with van der Waals surface area (Å²) in [5, 5.41) is 10.9. The lowest BCUT2D eigenvalue weighted by Crippen LogP contribution is -2.21. The minimum Gasteiger partial charge on any atom is -0.494 e. The molecule has 1 N–H and O–H groups in total. The van der Waals surface area contributed by atoms with Crippen LogP contribution < -0.4 is 9.47 Å². The van der Waals surface area contributed by atoms with Crippen molar-refractivity contribution in [3.63, 3.8) is 0 Å². The second-order valence-corrected chi connectivity index (χ2v) is 5.16. The Balaban J connectivity index is 2.02. The van der Waals surface area contributed by atoms with Crippen molar-refractivity contribution in [2.24, 2.45) is 0 Å². The van der Waals surface area contributed by atoms with Gasteiger partial charge in [-0.1, -0.05) is 29.8 Å². The fourth-order valence-electron chi connectivity index (χ4n) is 2.02. The Bertz CT molecular complexity index is 569. The van der Waals surface area contributed by atoms with Crippen molar-refractivity contribution < 1.29 is 14.6 Å². The van der Waals surface area contributed by atoms with Crippen molar-refractivity contribution in [3.8, 4) is 11.5 Å². The van der Waals surface area contributed by atoms with Gasteiger partial charge in [0, 0.05) is 5.02 Å². The van der Waals surface area contributed by atoms with Gasteiger partial charge in [-0.25, -0.2) is 0 Å². The number of hydrogen-bond donors (Lipinski definition) is 1. The summed E-state index contributed by atoms with van der Waals surface area (Å²) in [6, 6.07) is 14.5. The van der Waals surface area contributed by atoms with Gasteiger partial charge in [0.15, 0.2) is 0 Å². The first-order chi connectivity index (χ1) is 10.1. The first-order valence-electron chi connectivity index (χ1n) is 6.93. The van der Waals surface area contributed by atoms with Gasteiger partial charge in [0.2, 0.25) is 0 Å². The van der Waals surface area contributed by atoms with Gasteiger partial charge in [-0.2, -0.15) is 0 Å². The molecular weight excluding hydrogens is 288 g/mol. The molecule has 2 atom stereocenters. The molecule has 0 aliphatic carbocycles. The highest BCUT2D eigenvalue weighted by molar-refractivity contribution is 6.30. The third-order valence-corrected chi connectivity index (χ3v) is 3.33. The molecule has 3 nitrogen and oxygen atoms in total. The van der Waals surface area contributed by atoms with E-state index in [9.17, 15) is 5.11 Å². The molecule has 0 saturated heterocycles. The molecule has 2 rings (SSSR count). The molecule has 0 heterocycles. The van der Waals surface area contributed by atoms with Gasteiger partial charge in [0.25, 0.3) is 0 Å². The molecule has 0 spiro atoms. The van der Waals surface area contributed by atoms with Gasteiger partial charge in [0.1, 0.15) is 23.7 Å². The Morgan fingerprint density at radius 3 is 2.43 bits per heavy atom. The lowest BCUT2D eigenvalue weighted by atomic mass is 10.1. The van der Waals surface area contributed by atoms with Crippen molar-refractivity contribution in [2.75, 3.05) is 6.61 Å². The summed E-state index contributed by atoms with van der Waals surface area (Å²) < 4.78 is 11.1. The van der Waals surface area contributed by atoms with Gasteiger partial charge < -0.3 is 14.6 Å². The molecule has 0 saturated carbocycles. The van der Waals surface area contributed by atoms with E-state index in [1.54, 1.807) is 12.1 Å². The van der Waals surface area contributed by atoms with Crippen molar-refractivity contribution in [2.45, 2.75) is 26.1 Å². The van der Waals surface area contributed by atoms with E-state index in [1.807, 2.05) is 50.2 Å². The minimum atomic E-state index is -0.723. The van der Waals surface area contributed by atoms with Gasteiger partial charge in [-0.3, -0.25) is 0 Å². The number of ether oxygens (including phenoxy) is 2. The Morgan fingerprint density at radius 2 is 1.81 bits per heavy atom. The standard InChI is InChI=1S/C17H19ClO3/c1-3-20-15-9-7-13(8-10-15)17(19)12(2)21-16-6-4-5-14(18)11-16/h4-12,17,19H,3H2,1-2H3. The van der Waals surface area contributed by atoms with Crippen LogP contribution >= 0.6 is 11.6 Å². The summed E-state index contributed by atoms with van der Waals surface area (Å²) in [4.78, 5) is 0. The molecule has 0 amide bonds. The highest BCUT2D eigenvalue weighted by Crippen LogP contribution is 2.25.